The zero-order chi connectivity index (χ0) is 20.7. The number of fused-ring (bicyclic) bond motifs is 3. The van der Waals surface area contributed by atoms with Gasteiger partial charge in [-0.05, 0) is 55.4 Å². The van der Waals surface area contributed by atoms with Crippen LogP contribution in [0.3, 0.4) is 0 Å². The third-order valence-corrected chi connectivity index (χ3v) is 6.70. The van der Waals surface area contributed by atoms with E-state index in [9.17, 15) is 9.18 Å². The smallest absolute Gasteiger partial charge is 0.253 e. The van der Waals surface area contributed by atoms with Crippen LogP contribution in [0.25, 0.3) is 26.4 Å². The first kappa shape index (κ1) is 19.2. The molecule has 4 aromatic rings. The molecule has 1 fully saturated rings. The minimum Gasteiger partial charge on any atom is -0.336 e. The zero-order valence-electron chi connectivity index (χ0n) is 16.8. The lowest BCUT2D eigenvalue weighted by Crippen LogP contribution is -2.48. The second-order valence-electron chi connectivity index (χ2n) is 7.70. The predicted octanol–water partition coefficient (Wildman–Crippen LogP) is 4.52. The number of hydrogen-bond acceptors (Lipinski definition) is 4. The topological polar surface area (TPSA) is 40.8 Å². The number of aromatic nitrogens is 2. The first-order chi connectivity index (χ1) is 14.6. The van der Waals surface area contributed by atoms with Crippen molar-refractivity contribution in [3.05, 3.63) is 60.0 Å². The fraction of sp³-hybridized carbons (Fsp3) is 0.304. The molecule has 0 spiro atoms. The van der Waals surface area contributed by atoms with Crippen molar-refractivity contribution in [1.29, 1.82) is 0 Å². The molecule has 0 N–H and O–H groups in total. The summed E-state index contributed by atoms with van der Waals surface area (Å²) in [7, 11) is 0. The van der Waals surface area contributed by atoms with Gasteiger partial charge >= 0.3 is 0 Å². The van der Waals surface area contributed by atoms with Gasteiger partial charge in [0.05, 0.1) is 15.9 Å². The standard InChI is InChI=1S/C23H23FN4OS/c1-2-9-26-10-12-27(13-11-26)22(29)17-5-8-20-21(14-17)30-23-25-19(15-28(20)23)16-3-6-18(24)7-4-16/h3-8,14-15H,2,9-13H2,1H3. The number of thiazole rings is 1. The highest BCUT2D eigenvalue weighted by atomic mass is 32.1. The average Bonchev–Trinajstić information content (AvgIpc) is 3.32. The number of carbonyl (C=O) groups is 1. The Bertz CT molecular complexity index is 1210. The maximum Gasteiger partial charge on any atom is 0.253 e. The van der Waals surface area contributed by atoms with Crippen LogP contribution < -0.4 is 0 Å². The van der Waals surface area contributed by atoms with Crippen LogP contribution in [-0.2, 0) is 0 Å². The normalized spacial score (nSPS) is 15.3. The van der Waals surface area contributed by atoms with E-state index >= 15 is 0 Å². The van der Waals surface area contributed by atoms with E-state index in [4.69, 9.17) is 4.98 Å². The van der Waals surface area contributed by atoms with Gasteiger partial charge in [0, 0.05) is 43.5 Å². The van der Waals surface area contributed by atoms with Crippen LogP contribution in [0, 0.1) is 5.82 Å². The Balaban J connectivity index is 1.39. The molecular formula is C23H23FN4OS. The summed E-state index contributed by atoms with van der Waals surface area (Å²) in [5.41, 5.74) is 3.46. The van der Waals surface area contributed by atoms with Crippen molar-refractivity contribution in [2.24, 2.45) is 0 Å². The maximum atomic E-state index is 13.2. The van der Waals surface area contributed by atoms with Crippen molar-refractivity contribution >= 4 is 32.4 Å². The van der Waals surface area contributed by atoms with E-state index in [0.717, 1.165) is 71.1 Å². The highest BCUT2D eigenvalue weighted by Crippen LogP contribution is 2.30. The largest absolute Gasteiger partial charge is 0.336 e. The second-order valence-corrected chi connectivity index (χ2v) is 8.71. The maximum absolute atomic E-state index is 13.2. The van der Waals surface area contributed by atoms with Crippen molar-refractivity contribution in [1.82, 2.24) is 19.2 Å². The molecule has 154 valence electrons. The van der Waals surface area contributed by atoms with Crippen LogP contribution in [-0.4, -0.2) is 57.8 Å². The zero-order valence-corrected chi connectivity index (χ0v) is 17.7. The third-order valence-electron chi connectivity index (χ3n) is 5.68. The van der Waals surface area contributed by atoms with Crippen LogP contribution >= 0.6 is 11.3 Å². The van der Waals surface area contributed by atoms with Crippen LogP contribution in [0.1, 0.15) is 23.7 Å². The molecule has 7 heteroatoms. The van der Waals surface area contributed by atoms with Gasteiger partial charge in [0.2, 0.25) is 0 Å². The SMILES string of the molecule is CCCN1CCN(C(=O)c2ccc3c(c2)sc2nc(-c4ccc(F)cc4)cn23)CC1. The number of imidazole rings is 1. The summed E-state index contributed by atoms with van der Waals surface area (Å²) in [5, 5.41) is 0. The van der Waals surface area contributed by atoms with Gasteiger partial charge in [-0.3, -0.25) is 14.1 Å². The average molecular weight is 423 g/mol. The van der Waals surface area contributed by atoms with E-state index in [1.807, 2.05) is 33.7 Å². The van der Waals surface area contributed by atoms with Gasteiger partial charge in [-0.15, -0.1) is 0 Å². The Morgan fingerprint density at radius 1 is 1.10 bits per heavy atom. The van der Waals surface area contributed by atoms with Crippen molar-refractivity contribution in [3.63, 3.8) is 0 Å². The summed E-state index contributed by atoms with van der Waals surface area (Å²) in [5.74, 6) is -0.153. The molecule has 0 bridgehead atoms. The summed E-state index contributed by atoms with van der Waals surface area (Å²) < 4.78 is 16.3. The summed E-state index contributed by atoms with van der Waals surface area (Å²) >= 11 is 1.56. The van der Waals surface area contributed by atoms with E-state index in [-0.39, 0.29) is 11.7 Å². The Hall–Kier alpha value is -2.77. The number of rotatable bonds is 4. The fourth-order valence-electron chi connectivity index (χ4n) is 4.07. The predicted molar refractivity (Wildman–Crippen MR) is 119 cm³/mol. The highest BCUT2D eigenvalue weighted by Gasteiger charge is 2.22. The Morgan fingerprint density at radius 2 is 1.87 bits per heavy atom. The lowest BCUT2D eigenvalue weighted by molar-refractivity contribution is 0.0637. The molecule has 0 radical (unpaired) electrons. The molecule has 1 amide bonds. The summed E-state index contributed by atoms with van der Waals surface area (Å²) in [6.07, 6.45) is 3.11. The molecule has 0 saturated carbocycles. The first-order valence-electron chi connectivity index (χ1n) is 10.3. The van der Waals surface area contributed by atoms with Crippen molar-refractivity contribution < 1.29 is 9.18 Å². The Kier molecular flexibility index (Phi) is 5.00. The lowest BCUT2D eigenvalue weighted by atomic mass is 10.1. The minimum absolute atomic E-state index is 0.103. The summed E-state index contributed by atoms with van der Waals surface area (Å²) in [4.78, 5) is 22.9. The molecule has 2 aromatic carbocycles. The number of piperazine rings is 1. The monoisotopic (exact) mass is 422 g/mol. The second kappa shape index (κ2) is 7.81. The van der Waals surface area contributed by atoms with E-state index in [1.165, 1.54) is 12.1 Å². The minimum atomic E-state index is -0.255. The molecule has 3 heterocycles. The molecule has 1 saturated heterocycles. The molecular weight excluding hydrogens is 399 g/mol. The van der Waals surface area contributed by atoms with E-state index in [1.54, 1.807) is 23.5 Å². The Labute approximate surface area is 178 Å². The summed E-state index contributed by atoms with van der Waals surface area (Å²) in [6, 6.07) is 12.2. The van der Waals surface area contributed by atoms with Gasteiger partial charge in [-0.25, -0.2) is 9.37 Å². The number of hydrogen-bond donors (Lipinski definition) is 0. The molecule has 1 aliphatic rings. The first-order valence-corrected chi connectivity index (χ1v) is 11.1. The van der Waals surface area contributed by atoms with Crippen molar-refractivity contribution in [2.75, 3.05) is 32.7 Å². The van der Waals surface area contributed by atoms with Crippen LogP contribution in [0.4, 0.5) is 4.39 Å². The van der Waals surface area contributed by atoms with Gasteiger partial charge in [0.1, 0.15) is 5.82 Å². The van der Waals surface area contributed by atoms with Gasteiger partial charge in [0.25, 0.3) is 5.91 Å². The summed E-state index contributed by atoms with van der Waals surface area (Å²) in [6.45, 7) is 6.75. The van der Waals surface area contributed by atoms with Gasteiger partial charge in [0.15, 0.2) is 4.96 Å². The number of nitrogens with zero attached hydrogens (tertiary/aromatic N) is 4. The van der Waals surface area contributed by atoms with Gasteiger partial charge in [-0.2, -0.15) is 0 Å². The lowest BCUT2D eigenvalue weighted by Gasteiger charge is -2.34. The quantitative estimate of drug-likeness (QED) is 0.485. The molecule has 30 heavy (non-hydrogen) atoms. The van der Waals surface area contributed by atoms with Crippen molar-refractivity contribution in [3.8, 4) is 11.3 Å². The third kappa shape index (κ3) is 3.48. The van der Waals surface area contributed by atoms with E-state index in [0.29, 0.717) is 0 Å². The molecule has 0 aliphatic carbocycles. The molecule has 5 nitrogen and oxygen atoms in total. The van der Waals surface area contributed by atoms with E-state index in [2.05, 4.69) is 11.8 Å². The molecule has 0 unspecified atom stereocenters. The van der Waals surface area contributed by atoms with Crippen LogP contribution in [0.15, 0.2) is 48.7 Å². The number of amides is 1. The number of halogens is 1. The molecule has 1 aliphatic heterocycles. The molecule has 2 aromatic heterocycles. The highest BCUT2D eigenvalue weighted by molar-refractivity contribution is 7.23. The molecule has 5 rings (SSSR count). The van der Waals surface area contributed by atoms with E-state index < -0.39 is 0 Å². The van der Waals surface area contributed by atoms with Crippen LogP contribution in [0.5, 0.6) is 0 Å². The number of benzene rings is 2. The fourth-order valence-corrected chi connectivity index (χ4v) is 5.11. The van der Waals surface area contributed by atoms with Crippen molar-refractivity contribution in [2.45, 2.75) is 13.3 Å². The van der Waals surface area contributed by atoms with Gasteiger partial charge in [-0.1, -0.05) is 18.3 Å². The number of carbonyl (C=O) groups excluding carboxylic acids is 1. The van der Waals surface area contributed by atoms with Gasteiger partial charge < -0.3 is 4.90 Å². The Morgan fingerprint density at radius 3 is 2.60 bits per heavy atom. The van der Waals surface area contributed by atoms with Crippen LogP contribution in [0.2, 0.25) is 0 Å². The molecule has 0 atom stereocenters.